The zero-order valence-corrected chi connectivity index (χ0v) is 11.5. The van der Waals surface area contributed by atoms with Crippen molar-refractivity contribution >= 4 is 5.91 Å². The van der Waals surface area contributed by atoms with E-state index in [9.17, 15) is 4.79 Å². The zero-order valence-electron chi connectivity index (χ0n) is 11.5. The van der Waals surface area contributed by atoms with E-state index in [2.05, 4.69) is 5.32 Å². The van der Waals surface area contributed by atoms with Gasteiger partial charge in [0.2, 0.25) is 5.91 Å². The molecule has 0 aliphatic carbocycles. The van der Waals surface area contributed by atoms with Gasteiger partial charge in [0, 0.05) is 7.11 Å². The average molecular weight is 250 g/mol. The minimum Gasteiger partial charge on any atom is -0.382 e. The first-order valence-corrected chi connectivity index (χ1v) is 5.95. The average Bonchev–Trinajstić information content (AvgIpc) is 2.29. The molecule has 100 valence electrons. The molecule has 1 unspecified atom stereocenters. The number of benzene rings is 1. The van der Waals surface area contributed by atoms with Crippen molar-refractivity contribution < 1.29 is 9.53 Å². The van der Waals surface area contributed by atoms with Crippen LogP contribution < -0.4 is 11.1 Å². The second kappa shape index (κ2) is 5.50. The SMILES string of the molecule is COCC(C)(C)NC(=O)C(C)(N)c1ccccc1. The van der Waals surface area contributed by atoms with Crippen molar-refractivity contribution in [1.82, 2.24) is 5.32 Å². The Hall–Kier alpha value is -1.39. The number of ether oxygens (including phenoxy) is 1. The number of nitrogens with two attached hydrogens (primary N) is 1. The molecule has 0 fully saturated rings. The van der Waals surface area contributed by atoms with E-state index < -0.39 is 11.1 Å². The van der Waals surface area contributed by atoms with E-state index in [0.29, 0.717) is 6.61 Å². The molecule has 0 aliphatic rings. The Bertz CT molecular complexity index is 400. The van der Waals surface area contributed by atoms with E-state index in [1.165, 1.54) is 0 Å². The molecule has 4 heteroatoms. The predicted molar refractivity (Wildman–Crippen MR) is 72.1 cm³/mol. The van der Waals surface area contributed by atoms with E-state index in [0.717, 1.165) is 5.56 Å². The van der Waals surface area contributed by atoms with Crippen LogP contribution in [0.4, 0.5) is 0 Å². The van der Waals surface area contributed by atoms with Crippen LogP contribution >= 0.6 is 0 Å². The number of amides is 1. The topological polar surface area (TPSA) is 64.3 Å². The van der Waals surface area contributed by atoms with Crippen molar-refractivity contribution in [1.29, 1.82) is 0 Å². The van der Waals surface area contributed by atoms with Gasteiger partial charge in [0.15, 0.2) is 0 Å². The second-order valence-corrected chi connectivity index (χ2v) is 5.34. The molecule has 0 bridgehead atoms. The van der Waals surface area contributed by atoms with E-state index >= 15 is 0 Å². The van der Waals surface area contributed by atoms with Gasteiger partial charge in [-0.25, -0.2) is 0 Å². The maximum atomic E-state index is 12.3. The van der Waals surface area contributed by atoms with Crippen LogP contribution in [0.5, 0.6) is 0 Å². The molecule has 3 N–H and O–H groups in total. The second-order valence-electron chi connectivity index (χ2n) is 5.34. The quantitative estimate of drug-likeness (QED) is 0.830. The number of hydrogen-bond acceptors (Lipinski definition) is 3. The van der Waals surface area contributed by atoms with Crippen molar-refractivity contribution in [2.45, 2.75) is 31.8 Å². The fraction of sp³-hybridized carbons (Fsp3) is 0.500. The number of carbonyl (C=O) groups excluding carboxylic acids is 1. The van der Waals surface area contributed by atoms with Crippen LogP contribution in [0.15, 0.2) is 30.3 Å². The highest BCUT2D eigenvalue weighted by atomic mass is 16.5. The number of carbonyl (C=O) groups is 1. The van der Waals surface area contributed by atoms with Crippen molar-refractivity contribution in [3.8, 4) is 0 Å². The summed E-state index contributed by atoms with van der Waals surface area (Å²) in [7, 11) is 1.60. The maximum Gasteiger partial charge on any atom is 0.244 e. The van der Waals surface area contributed by atoms with Gasteiger partial charge in [-0.3, -0.25) is 4.79 Å². The maximum absolute atomic E-state index is 12.3. The minimum absolute atomic E-state index is 0.212. The largest absolute Gasteiger partial charge is 0.382 e. The summed E-state index contributed by atoms with van der Waals surface area (Å²) < 4.78 is 5.07. The summed E-state index contributed by atoms with van der Waals surface area (Å²) >= 11 is 0. The summed E-state index contributed by atoms with van der Waals surface area (Å²) in [6.45, 7) is 5.94. The zero-order chi connectivity index (χ0) is 13.8. The summed E-state index contributed by atoms with van der Waals surface area (Å²) in [6.07, 6.45) is 0. The lowest BCUT2D eigenvalue weighted by molar-refractivity contribution is -0.128. The van der Waals surface area contributed by atoms with Gasteiger partial charge in [-0.05, 0) is 26.3 Å². The molecular formula is C14H22N2O2. The van der Waals surface area contributed by atoms with Gasteiger partial charge >= 0.3 is 0 Å². The van der Waals surface area contributed by atoms with Gasteiger partial charge in [0.05, 0.1) is 12.1 Å². The van der Waals surface area contributed by atoms with Crippen LogP contribution in [-0.4, -0.2) is 25.2 Å². The summed E-state index contributed by atoms with van der Waals surface area (Å²) in [6, 6.07) is 9.33. The molecule has 0 aromatic heterocycles. The van der Waals surface area contributed by atoms with Gasteiger partial charge in [-0.15, -0.1) is 0 Å². The van der Waals surface area contributed by atoms with Gasteiger partial charge in [0.25, 0.3) is 0 Å². The van der Waals surface area contributed by atoms with Crippen LogP contribution in [0, 0.1) is 0 Å². The van der Waals surface area contributed by atoms with Crippen LogP contribution in [0.25, 0.3) is 0 Å². The highest BCUT2D eigenvalue weighted by molar-refractivity contribution is 5.87. The van der Waals surface area contributed by atoms with Crippen molar-refractivity contribution in [3.63, 3.8) is 0 Å². The smallest absolute Gasteiger partial charge is 0.244 e. The van der Waals surface area contributed by atoms with E-state index in [1.54, 1.807) is 14.0 Å². The molecule has 1 amide bonds. The molecule has 18 heavy (non-hydrogen) atoms. The number of hydrogen-bond donors (Lipinski definition) is 2. The van der Waals surface area contributed by atoms with Gasteiger partial charge < -0.3 is 15.8 Å². The first-order valence-electron chi connectivity index (χ1n) is 5.95. The Morgan fingerprint density at radius 3 is 2.33 bits per heavy atom. The van der Waals surface area contributed by atoms with E-state index in [4.69, 9.17) is 10.5 Å². The molecule has 1 aromatic carbocycles. The van der Waals surface area contributed by atoms with Crippen LogP contribution in [0.3, 0.4) is 0 Å². The third-order valence-corrected chi connectivity index (χ3v) is 2.80. The lowest BCUT2D eigenvalue weighted by atomic mass is 9.91. The normalized spacial score (nSPS) is 14.9. The molecule has 0 saturated carbocycles. The van der Waals surface area contributed by atoms with Crippen LogP contribution in [0.2, 0.25) is 0 Å². The lowest BCUT2D eigenvalue weighted by Gasteiger charge is -2.31. The van der Waals surface area contributed by atoms with Gasteiger partial charge in [-0.1, -0.05) is 30.3 Å². The third-order valence-electron chi connectivity index (χ3n) is 2.80. The Morgan fingerprint density at radius 2 is 1.83 bits per heavy atom. The van der Waals surface area contributed by atoms with E-state index in [-0.39, 0.29) is 5.91 Å². The van der Waals surface area contributed by atoms with Crippen molar-refractivity contribution in [2.24, 2.45) is 5.73 Å². The van der Waals surface area contributed by atoms with Crippen molar-refractivity contribution in [2.75, 3.05) is 13.7 Å². The van der Waals surface area contributed by atoms with Crippen LogP contribution in [-0.2, 0) is 15.1 Å². The minimum atomic E-state index is -1.05. The summed E-state index contributed by atoms with van der Waals surface area (Å²) in [5, 5.41) is 2.91. The highest BCUT2D eigenvalue weighted by Gasteiger charge is 2.33. The molecular weight excluding hydrogens is 228 g/mol. The molecule has 0 spiro atoms. The van der Waals surface area contributed by atoms with Crippen LogP contribution in [0.1, 0.15) is 26.3 Å². The molecule has 0 aliphatic heterocycles. The third kappa shape index (κ3) is 3.55. The molecule has 0 heterocycles. The van der Waals surface area contributed by atoms with Crippen molar-refractivity contribution in [3.05, 3.63) is 35.9 Å². The molecule has 0 saturated heterocycles. The Balaban J connectivity index is 2.83. The monoisotopic (exact) mass is 250 g/mol. The fourth-order valence-corrected chi connectivity index (χ4v) is 1.75. The van der Waals surface area contributed by atoms with Gasteiger partial charge in [-0.2, -0.15) is 0 Å². The van der Waals surface area contributed by atoms with Gasteiger partial charge in [0.1, 0.15) is 5.54 Å². The number of rotatable bonds is 5. The standard InChI is InChI=1S/C14H22N2O2/c1-13(2,10-18-4)16-12(17)14(3,15)11-8-6-5-7-9-11/h5-9H,10,15H2,1-4H3,(H,16,17). The molecule has 1 atom stereocenters. The molecule has 1 aromatic rings. The van der Waals surface area contributed by atoms with E-state index in [1.807, 2.05) is 44.2 Å². The fourth-order valence-electron chi connectivity index (χ4n) is 1.75. The molecule has 1 rings (SSSR count). The Morgan fingerprint density at radius 1 is 1.28 bits per heavy atom. The molecule has 0 radical (unpaired) electrons. The summed E-state index contributed by atoms with van der Waals surface area (Å²) in [5.74, 6) is -0.212. The summed E-state index contributed by atoms with van der Waals surface area (Å²) in [5.41, 5.74) is 5.43. The lowest BCUT2D eigenvalue weighted by Crippen LogP contribution is -2.56. The Kier molecular flexibility index (Phi) is 4.48. The summed E-state index contributed by atoms with van der Waals surface area (Å²) in [4.78, 5) is 12.3. The number of methoxy groups -OCH3 is 1. The Labute approximate surface area is 109 Å². The first kappa shape index (κ1) is 14.7. The first-order chi connectivity index (χ1) is 8.29. The number of nitrogens with one attached hydrogen (secondary N) is 1. The predicted octanol–water partition coefficient (Wildman–Crippen LogP) is 1.40. The highest BCUT2D eigenvalue weighted by Crippen LogP contribution is 2.18. The molecule has 4 nitrogen and oxygen atoms in total.